The molecule has 0 atom stereocenters. The predicted molar refractivity (Wildman–Crippen MR) is 256 cm³/mol. The topological polar surface area (TPSA) is 9.86 Å². The van der Waals surface area contributed by atoms with Crippen molar-refractivity contribution in [3.8, 4) is 11.4 Å². The van der Waals surface area contributed by atoms with Crippen molar-refractivity contribution in [3.05, 3.63) is 205 Å². The highest BCUT2D eigenvalue weighted by Gasteiger charge is 2.41. The molecule has 0 aliphatic carbocycles. The third-order valence-corrected chi connectivity index (χ3v) is 17.3. The number of para-hydroxylation sites is 2. The standard InChI is InChI=1S/C56H50N2Si/c1-55(2,3)39-35-49-47-30-17-19-32-52(47)58(54(49)50(36-39)56(4,5)6)41-33-34-53-48(38-41)46-29-16-18-31-51(46)57(53)40-21-20-28-45(37-40)59(42-22-10-7-11-23-42,43-24-12-8-13-25-43)44-26-14-9-15-27-44/h7-38H,1-6H3. The van der Waals surface area contributed by atoms with Gasteiger partial charge in [-0.05, 0) is 91.2 Å². The van der Waals surface area contributed by atoms with E-state index in [1.165, 1.54) is 86.9 Å². The van der Waals surface area contributed by atoms with Crippen molar-refractivity contribution in [2.24, 2.45) is 0 Å². The van der Waals surface area contributed by atoms with Crippen LogP contribution in [0, 0.1) is 0 Å². The average molecular weight is 779 g/mol. The fourth-order valence-corrected chi connectivity index (χ4v) is 14.5. The summed E-state index contributed by atoms with van der Waals surface area (Å²) in [5.74, 6) is 0. The number of aromatic nitrogens is 2. The van der Waals surface area contributed by atoms with E-state index in [0.717, 1.165) is 0 Å². The van der Waals surface area contributed by atoms with E-state index in [9.17, 15) is 0 Å². The maximum absolute atomic E-state index is 2.73. The zero-order valence-corrected chi connectivity index (χ0v) is 35.9. The van der Waals surface area contributed by atoms with Gasteiger partial charge in [0.2, 0.25) is 0 Å². The van der Waals surface area contributed by atoms with Crippen LogP contribution in [-0.4, -0.2) is 17.2 Å². The molecule has 0 spiro atoms. The van der Waals surface area contributed by atoms with E-state index < -0.39 is 8.07 Å². The first kappa shape index (κ1) is 36.9. The smallest absolute Gasteiger partial charge is 0.179 e. The molecule has 59 heavy (non-hydrogen) atoms. The normalized spacial score (nSPS) is 12.6. The number of hydrogen-bond donors (Lipinski definition) is 0. The third-order valence-electron chi connectivity index (χ3n) is 12.5. The van der Waals surface area contributed by atoms with E-state index in [-0.39, 0.29) is 10.8 Å². The summed E-state index contributed by atoms with van der Waals surface area (Å²) in [6.07, 6.45) is 0. The predicted octanol–water partition coefficient (Wildman–Crippen LogP) is 11.9. The number of hydrogen-bond acceptors (Lipinski definition) is 0. The zero-order valence-electron chi connectivity index (χ0n) is 34.9. The maximum Gasteiger partial charge on any atom is 0.179 e. The molecule has 288 valence electrons. The molecular formula is C56H50N2Si. The zero-order chi connectivity index (χ0) is 40.5. The van der Waals surface area contributed by atoms with Crippen molar-refractivity contribution >= 4 is 72.4 Å². The highest BCUT2D eigenvalue weighted by atomic mass is 28.3. The Labute approximate surface area is 349 Å². The Bertz CT molecular complexity index is 3060. The number of fused-ring (bicyclic) bond motifs is 6. The van der Waals surface area contributed by atoms with Gasteiger partial charge in [0.1, 0.15) is 0 Å². The molecule has 0 aliphatic heterocycles. The fourth-order valence-electron chi connectivity index (χ4n) is 9.69. The van der Waals surface area contributed by atoms with Gasteiger partial charge in [-0.15, -0.1) is 0 Å². The first-order valence-corrected chi connectivity index (χ1v) is 22.9. The summed E-state index contributed by atoms with van der Waals surface area (Å²) in [7, 11) is -2.73. The molecule has 0 unspecified atom stereocenters. The van der Waals surface area contributed by atoms with Crippen LogP contribution in [0.5, 0.6) is 0 Å². The summed E-state index contributed by atoms with van der Waals surface area (Å²) < 4.78 is 5.02. The monoisotopic (exact) mass is 778 g/mol. The number of nitrogens with zero attached hydrogens (tertiary/aromatic N) is 2. The Balaban J connectivity index is 1.24. The second-order valence-electron chi connectivity index (χ2n) is 18.2. The van der Waals surface area contributed by atoms with Crippen molar-refractivity contribution in [1.82, 2.24) is 9.13 Å². The van der Waals surface area contributed by atoms with Crippen molar-refractivity contribution < 1.29 is 0 Å². The molecule has 10 aromatic rings. The van der Waals surface area contributed by atoms with Gasteiger partial charge < -0.3 is 9.13 Å². The van der Waals surface area contributed by atoms with Gasteiger partial charge in [0.15, 0.2) is 8.07 Å². The first-order chi connectivity index (χ1) is 28.5. The molecule has 0 aliphatic rings. The number of rotatable bonds is 6. The lowest BCUT2D eigenvalue weighted by Gasteiger charge is -2.34. The summed E-state index contributed by atoms with van der Waals surface area (Å²) in [4.78, 5) is 0. The van der Waals surface area contributed by atoms with Gasteiger partial charge in [0.05, 0.1) is 22.1 Å². The molecule has 3 heteroatoms. The molecule has 0 bridgehead atoms. The van der Waals surface area contributed by atoms with Crippen molar-refractivity contribution in [3.63, 3.8) is 0 Å². The van der Waals surface area contributed by atoms with Crippen LogP contribution in [-0.2, 0) is 10.8 Å². The largest absolute Gasteiger partial charge is 0.309 e. The van der Waals surface area contributed by atoms with Crippen LogP contribution in [0.4, 0.5) is 0 Å². The molecule has 2 heterocycles. The Morgan fingerprint density at radius 1 is 0.339 bits per heavy atom. The number of benzene rings is 8. The summed E-state index contributed by atoms with van der Waals surface area (Å²) in [5, 5.41) is 10.6. The maximum atomic E-state index is 2.53. The van der Waals surface area contributed by atoms with Gasteiger partial charge in [-0.25, -0.2) is 0 Å². The van der Waals surface area contributed by atoms with E-state index >= 15 is 0 Å². The average Bonchev–Trinajstić information content (AvgIpc) is 3.77. The minimum atomic E-state index is -2.73. The minimum absolute atomic E-state index is 0.0286. The molecular weight excluding hydrogens is 729 g/mol. The van der Waals surface area contributed by atoms with E-state index in [1.54, 1.807) is 0 Å². The van der Waals surface area contributed by atoms with Gasteiger partial charge in [-0.2, -0.15) is 0 Å². The minimum Gasteiger partial charge on any atom is -0.309 e. The van der Waals surface area contributed by atoms with Crippen molar-refractivity contribution in [1.29, 1.82) is 0 Å². The molecule has 0 fully saturated rings. The molecule has 0 amide bonds. The molecule has 2 nitrogen and oxygen atoms in total. The summed E-state index contributed by atoms with van der Waals surface area (Å²) in [6, 6.07) is 73.0. The van der Waals surface area contributed by atoms with Crippen LogP contribution in [0.25, 0.3) is 55.0 Å². The SMILES string of the molecule is CC(C)(C)c1cc(C(C)(C)C)c2c(c1)c1ccccc1n2-c1ccc2c(c1)c1ccccc1n2-c1cccc([Si](c2ccccc2)(c2ccccc2)c2ccccc2)c1. The van der Waals surface area contributed by atoms with Crippen LogP contribution < -0.4 is 20.7 Å². The molecule has 0 saturated carbocycles. The van der Waals surface area contributed by atoms with Crippen LogP contribution >= 0.6 is 0 Å². The summed E-state index contributed by atoms with van der Waals surface area (Å²) >= 11 is 0. The van der Waals surface area contributed by atoms with Crippen LogP contribution in [0.15, 0.2) is 194 Å². The molecule has 0 radical (unpaired) electrons. The Kier molecular flexibility index (Phi) is 8.66. The first-order valence-electron chi connectivity index (χ1n) is 20.9. The van der Waals surface area contributed by atoms with Gasteiger partial charge in [-0.1, -0.05) is 187 Å². The van der Waals surface area contributed by atoms with E-state index in [4.69, 9.17) is 0 Å². The molecule has 0 N–H and O–H groups in total. The Morgan fingerprint density at radius 2 is 0.814 bits per heavy atom. The third kappa shape index (κ3) is 5.90. The molecule has 10 rings (SSSR count). The quantitative estimate of drug-likeness (QED) is 0.118. The Hall–Kier alpha value is -6.42. The van der Waals surface area contributed by atoms with E-state index in [1.807, 2.05) is 0 Å². The summed E-state index contributed by atoms with van der Waals surface area (Å²) in [6.45, 7) is 14.0. The Morgan fingerprint density at radius 3 is 1.37 bits per heavy atom. The lowest BCUT2D eigenvalue weighted by atomic mass is 9.79. The van der Waals surface area contributed by atoms with E-state index in [2.05, 4.69) is 245 Å². The highest BCUT2D eigenvalue weighted by Crippen LogP contribution is 2.42. The van der Waals surface area contributed by atoms with Crippen molar-refractivity contribution in [2.75, 3.05) is 0 Å². The lowest BCUT2D eigenvalue weighted by molar-refractivity contribution is 0.572. The summed E-state index contributed by atoms with van der Waals surface area (Å²) in [5.41, 5.74) is 10.00. The van der Waals surface area contributed by atoms with Crippen LogP contribution in [0.1, 0.15) is 52.7 Å². The van der Waals surface area contributed by atoms with Crippen LogP contribution in [0.3, 0.4) is 0 Å². The van der Waals surface area contributed by atoms with Gasteiger partial charge in [-0.3, -0.25) is 0 Å². The molecule has 2 aromatic heterocycles. The fraction of sp³-hybridized carbons (Fsp3) is 0.143. The van der Waals surface area contributed by atoms with Gasteiger partial charge in [0.25, 0.3) is 0 Å². The molecule has 0 saturated heterocycles. The lowest BCUT2D eigenvalue weighted by Crippen LogP contribution is -2.74. The van der Waals surface area contributed by atoms with Crippen molar-refractivity contribution in [2.45, 2.75) is 52.4 Å². The second kappa shape index (κ2) is 13.9. The van der Waals surface area contributed by atoms with Crippen LogP contribution in [0.2, 0.25) is 0 Å². The highest BCUT2D eigenvalue weighted by molar-refractivity contribution is 7.19. The van der Waals surface area contributed by atoms with Gasteiger partial charge >= 0.3 is 0 Å². The van der Waals surface area contributed by atoms with E-state index in [0.29, 0.717) is 0 Å². The van der Waals surface area contributed by atoms with Gasteiger partial charge in [0, 0.05) is 32.9 Å². The molecule has 8 aromatic carbocycles. The second-order valence-corrected chi connectivity index (χ2v) is 22.0.